The number of carbonyl (C=O) groups excluding carboxylic acids is 1. The molecule has 3 nitrogen and oxygen atoms in total. The molecule has 0 radical (unpaired) electrons. The Balaban J connectivity index is 2.02. The lowest BCUT2D eigenvalue weighted by Gasteiger charge is -2.35. The molecule has 0 spiro atoms. The molecule has 1 aliphatic rings. The molecular weight excluding hydrogens is 276 g/mol. The lowest BCUT2D eigenvalue weighted by atomic mass is 9.72. The average Bonchev–Trinajstić information content (AvgIpc) is 2.53. The van der Waals surface area contributed by atoms with Gasteiger partial charge in [0, 0.05) is 0 Å². The molecular formula is C19H28O3. The first-order valence-corrected chi connectivity index (χ1v) is 8.57. The van der Waals surface area contributed by atoms with E-state index in [-0.39, 0.29) is 11.3 Å². The van der Waals surface area contributed by atoms with Gasteiger partial charge >= 0.3 is 0 Å². The first-order chi connectivity index (χ1) is 10.7. The molecule has 2 rings (SSSR count). The van der Waals surface area contributed by atoms with Gasteiger partial charge in [-0.3, -0.25) is 4.79 Å². The number of hydrogen-bond donors (Lipinski definition) is 1. The second kappa shape index (κ2) is 8.21. The Morgan fingerprint density at radius 1 is 1.36 bits per heavy atom. The number of carbonyl (C=O) groups is 1. The lowest BCUT2D eigenvalue weighted by Crippen LogP contribution is -2.30. The minimum atomic E-state index is -0.00737. The van der Waals surface area contributed by atoms with Gasteiger partial charge in [0.2, 0.25) is 0 Å². The van der Waals surface area contributed by atoms with Crippen molar-refractivity contribution in [1.29, 1.82) is 0 Å². The molecule has 122 valence electrons. The molecule has 1 aromatic rings. The largest absolute Gasteiger partial charge is 0.507 e. The van der Waals surface area contributed by atoms with Crippen LogP contribution in [0.2, 0.25) is 0 Å². The predicted molar refractivity (Wildman–Crippen MR) is 88.5 cm³/mol. The van der Waals surface area contributed by atoms with E-state index in [0.717, 1.165) is 5.92 Å². The molecule has 0 aliphatic heterocycles. The number of aldehydes is 1. The summed E-state index contributed by atoms with van der Waals surface area (Å²) in [7, 11) is 0. The molecule has 1 saturated carbocycles. The van der Waals surface area contributed by atoms with Crippen molar-refractivity contribution in [1.82, 2.24) is 0 Å². The topological polar surface area (TPSA) is 46.5 Å². The van der Waals surface area contributed by atoms with E-state index in [1.165, 1.54) is 44.6 Å². The van der Waals surface area contributed by atoms with Gasteiger partial charge < -0.3 is 9.84 Å². The van der Waals surface area contributed by atoms with E-state index in [9.17, 15) is 9.90 Å². The zero-order valence-electron chi connectivity index (χ0n) is 13.8. The molecule has 0 amide bonds. The second-order valence-electron chi connectivity index (χ2n) is 6.59. The van der Waals surface area contributed by atoms with Crippen LogP contribution in [0.15, 0.2) is 18.2 Å². The van der Waals surface area contributed by atoms with E-state index >= 15 is 0 Å². The fourth-order valence-electron chi connectivity index (χ4n) is 3.84. The summed E-state index contributed by atoms with van der Waals surface area (Å²) in [5, 5.41) is 9.73. The smallest absolute Gasteiger partial charge is 0.157 e. The normalized spacial score (nSPS) is 23.0. The van der Waals surface area contributed by atoms with E-state index in [1.807, 2.05) is 0 Å². The summed E-state index contributed by atoms with van der Waals surface area (Å²) in [6.45, 7) is 5.24. The van der Waals surface area contributed by atoms with Crippen LogP contribution in [0.5, 0.6) is 11.5 Å². The van der Waals surface area contributed by atoms with Crippen LogP contribution >= 0.6 is 0 Å². The lowest BCUT2D eigenvalue weighted by molar-refractivity contribution is 0.104. The summed E-state index contributed by atoms with van der Waals surface area (Å²) in [5.74, 6) is 2.49. The van der Waals surface area contributed by atoms with Crippen LogP contribution in [-0.4, -0.2) is 18.0 Å². The number of hydrogen-bond acceptors (Lipinski definition) is 3. The number of rotatable bonds is 7. The van der Waals surface area contributed by atoms with Gasteiger partial charge in [0.25, 0.3) is 0 Å². The Morgan fingerprint density at radius 3 is 2.86 bits per heavy atom. The summed E-state index contributed by atoms with van der Waals surface area (Å²) in [4.78, 5) is 11.1. The molecule has 1 aromatic carbocycles. The highest BCUT2D eigenvalue weighted by molar-refractivity contribution is 5.83. The first kappa shape index (κ1) is 16.9. The quantitative estimate of drug-likeness (QED) is 0.734. The van der Waals surface area contributed by atoms with Gasteiger partial charge in [-0.2, -0.15) is 0 Å². The van der Waals surface area contributed by atoms with Crippen LogP contribution in [0, 0.1) is 17.8 Å². The average molecular weight is 304 g/mol. The third kappa shape index (κ3) is 4.02. The molecule has 3 unspecified atom stereocenters. The maximum absolute atomic E-state index is 11.1. The third-order valence-corrected chi connectivity index (χ3v) is 5.06. The van der Waals surface area contributed by atoms with Gasteiger partial charge in [-0.1, -0.05) is 45.6 Å². The summed E-state index contributed by atoms with van der Waals surface area (Å²) in [6.07, 6.45) is 8.25. The molecule has 3 heteroatoms. The fraction of sp³-hybridized carbons (Fsp3) is 0.632. The maximum Gasteiger partial charge on any atom is 0.157 e. The minimum Gasteiger partial charge on any atom is -0.507 e. The summed E-state index contributed by atoms with van der Waals surface area (Å²) < 4.78 is 5.92. The first-order valence-electron chi connectivity index (χ1n) is 8.57. The van der Waals surface area contributed by atoms with E-state index in [0.29, 0.717) is 30.5 Å². The molecule has 0 aromatic heterocycles. The molecule has 1 aliphatic carbocycles. The molecule has 1 fully saturated rings. The van der Waals surface area contributed by atoms with Gasteiger partial charge in [-0.25, -0.2) is 0 Å². The van der Waals surface area contributed by atoms with Crippen LogP contribution in [0.1, 0.15) is 62.7 Å². The standard InChI is InChI=1S/C19H28O3/c1-3-7-14(2)16-9-5-4-8-15(16)13-22-19-11-6-10-18(21)17(19)12-20/h6,10-12,14-16,21H,3-5,7-9,13H2,1-2H3. The Labute approximate surface area is 133 Å². The zero-order chi connectivity index (χ0) is 15.9. The number of phenols is 1. The van der Waals surface area contributed by atoms with Gasteiger partial charge in [0.05, 0.1) is 12.2 Å². The Bertz CT molecular complexity index is 484. The summed E-state index contributed by atoms with van der Waals surface area (Å²) in [6, 6.07) is 5.00. The van der Waals surface area contributed by atoms with Gasteiger partial charge in [0.15, 0.2) is 6.29 Å². The number of phenolic OH excluding ortho intramolecular Hbond substituents is 1. The predicted octanol–water partition coefficient (Wildman–Crippen LogP) is 4.83. The van der Waals surface area contributed by atoms with E-state index in [1.54, 1.807) is 12.1 Å². The minimum absolute atomic E-state index is 0.00737. The third-order valence-electron chi connectivity index (χ3n) is 5.06. The Hall–Kier alpha value is -1.51. The van der Waals surface area contributed by atoms with Crippen molar-refractivity contribution < 1.29 is 14.6 Å². The molecule has 1 N–H and O–H groups in total. The number of benzene rings is 1. The Morgan fingerprint density at radius 2 is 2.14 bits per heavy atom. The van der Waals surface area contributed by atoms with Gasteiger partial charge in [-0.15, -0.1) is 0 Å². The molecule has 0 saturated heterocycles. The number of aromatic hydroxyl groups is 1. The molecule has 0 heterocycles. The molecule has 3 atom stereocenters. The second-order valence-corrected chi connectivity index (χ2v) is 6.59. The van der Waals surface area contributed by atoms with E-state index in [4.69, 9.17) is 4.74 Å². The van der Waals surface area contributed by atoms with Crippen LogP contribution < -0.4 is 4.74 Å². The van der Waals surface area contributed by atoms with Crippen molar-refractivity contribution in [2.45, 2.75) is 52.4 Å². The van der Waals surface area contributed by atoms with Gasteiger partial charge in [-0.05, 0) is 42.7 Å². The van der Waals surface area contributed by atoms with Crippen molar-refractivity contribution in [2.24, 2.45) is 17.8 Å². The van der Waals surface area contributed by atoms with Crippen molar-refractivity contribution >= 4 is 6.29 Å². The van der Waals surface area contributed by atoms with Crippen LogP contribution in [0.25, 0.3) is 0 Å². The van der Waals surface area contributed by atoms with Crippen molar-refractivity contribution in [3.05, 3.63) is 23.8 Å². The Kier molecular flexibility index (Phi) is 6.29. The van der Waals surface area contributed by atoms with Crippen molar-refractivity contribution in [2.75, 3.05) is 6.61 Å². The maximum atomic E-state index is 11.1. The monoisotopic (exact) mass is 304 g/mol. The van der Waals surface area contributed by atoms with E-state index in [2.05, 4.69) is 13.8 Å². The molecule has 22 heavy (non-hydrogen) atoms. The van der Waals surface area contributed by atoms with Crippen molar-refractivity contribution in [3.8, 4) is 11.5 Å². The van der Waals surface area contributed by atoms with Crippen LogP contribution in [0.4, 0.5) is 0 Å². The summed E-state index contributed by atoms with van der Waals surface area (Å²) in [5.41, 5.74) is 0.261. The van der Waals surface area contributed by atoms with Crippen LogP contribution in [0.3, 0.4) is 0 Å². The highest BCUT2D eigenvalue weighted by atomic mass is 16.5. The number of ether oxygens (including phenoxy) is 1. The molecule has 0 bridgehead atoms. The zero-order valence-corrected chi connectivity index (χ0v) is 13.8. The highest BCUT2D eigenvalue weighted by Crippen LogP contribution is 2.37. The van der Waals surface area contributed by atoms with Gasteiger partial charge in [0.1, 0.15) is 11.5 Å². The van der Waals surface area contributed by atoms with Crippen LogP contribution in [-0.2, 0) is 0 Å². The SMILES string of the molecule is CCCC(C)C1CCCCC1COc1cccc(O)c1C=O. The fourth-order valence-corrected chi connectivity index (χ4v) is 3.84. The van der Waals surface area contributed by atoms with E-state index < -0.39 is 0 Å². The van der Waals surface area contributed by atoms with Crippen molar-refractivity contribution in [3.63, 3.8) is 0 Å². The summed E-state index contributed by atoms with van der Waals surface area (Å²) >= 11 is 0. The highest BCUT2D eigenvalue weighted by Gasteiger charge is 2.29.